The summed E-state index contributed by atoms with van der Waals surface area (Å²) in [4.78, 5) is 0.971. The zero-order valence-corrected chi connectivity index (χ0v) is 13.9. The van der Waals surface area contributed by atoms with Crippen molar-refractivity contribution in [1.29, 1.82) is 0 Å². The van der Waals surface area contributed by atoms with Crippen LogP contribution in [0.15, 0.2) is 22.0 Å². The van der Waals surface area contributed by atoms with E-state index in [0.717, 1.165) is 37.4 Å². The van der Waals surface area contributed by atoms with Crippen LogP contribution in [0.25, 0.3) is 0 Å². The smallest absolute Gasteiger partial charge is 0.128 e. The normalized spacial score (nSPS) is 12.5. The quantitative estimate of drug-likeness (QED) is 0.889. The van der Waals surface area contributed by atoms with E-state index in [1.54, 1.807) is 18.4 Å². The molecule has 0 radical (unpaired) electrons. The van der Waals surface area contributed by atoms with Crippen LogP contribution in [0.3, 0.4) is 0 Å². The summed E-state index contributed by atoms with van der Waals surface area (Å²) in [6.07, 6.45) is -0.647. The van der Waals surface area contributed by atoms with E-state index in [-0.39, 0.29) is 0 Å². The van der Waals surface area contributed by atoms with E-state index in [4.69, 9.17) is 4.74 Å². The lowest BCUT2D eigenvalue weighted by Gasteiger charge is -2.20. The highest BCUT2D eigenvalue weighted by molar-refractivity contribution is 9.10. The van der Waals surface area contributed by atoms with Gasteiger partial charge in [-0.25, -0.2) is 0 Å². The number of methoxy groups -OCH3 is 1. The van der Waals surface area contributed by atoms with Crippen LogP contribution in [0.1, 0.15) is 33.2 Å². The molecule has 102 valence electrons. The minimum atomic E-state index is -0.647. The molecule has 2 rings (SSSR count). The van der Waals surface area contributed by atoms with E-state index in [0.29, 0.717) is 0 Å². The molecule has 0 aliphatic heterocycles. The number of aryl methyl sites for hydroxylation is 2. The molecule has 1 unspecified atom stereocenters. The van der Waals surface area contributed by atoms with Gasteiger partial charge in [-0.05, 0) is 55.0 Å². The Morgan fingerprint density at radius 3 is 2.47 bits per heavy atom. The lowest BCUT2D eigenvalue weighted by Crippen LogP contribution is -2.06. The fourth-order valence-corrected chi connectivity index (χ4v) is 3.75. The monoisotopic (exact) mass is 340 g/mol. The minimum absolute atomic E-state index is 0.647. The number of aliphatic hydroxyl groups is 1. The molecule has 1 aromatic carbocycles. The molecule has 0 saturated heterocycles. The van der Waals surface area contributed by atoms with Crippen molar-refractivity contribution in [3.05, 3.63) is 49.1 Å². The Hall–Kier alpha value is -0.840. The first-order valence-corrected chi connectivity index (χ1v) is 7.70. The SMILES string of the molecule is COc1c(C)cc(Br)c(C)c1C(O)c1sccc1C. The maximum absolute atomic E-state index is 10.7. The molecule has 1 atom stereocenters. The van der Waals surface area contributed by atoms with Crippen molar-refractivity contribution < 1.29 is 9.84 Å². The van der Waals surface area contributed by atoms with Gasteiger partial charge in [-0.3, -0.25) is 0 Å². The van der Waals surface area contributed by atoms with Gasteiger partial charge in [-0.2, -0.15) is 0 Å². The summed E-state index contributed by atoms with van der Waals surface area (Å²) in [5.41, 5.74) is 3.99. The van der Waals surface area contributed by atoms with Crippen LogP contribution in [-0.4, -0.2) is 12.2 Å². The molecule has 2 nitrogen and oxygen atoms in total. The second-order valence-corrected chi connectivity index (χ2v) is 6.42. The number of benzene rings is 1. The Morgan fingerprint density at radius 1 is 1.26 bits per heavy atom. The third-order valence-corrected chi connectivity index (χ3v) is 5.23. The summed E-state index contributed by atoms with van der Waals surface area (Å²) in [6, 6.07) is 4.04. The molecule has 0 aliphatic carbocycles. The van der Waals surface area contributed by atoms with Gasteiger partial charge < -0.3 is 9.84 Å². The molecule has 19 heavy (non-hydrogen) atoms. The molecule has 0 aliphatic rings. The third-order valence-electron chi connectivity index (χ3n) is 3.34. The molecule has 2 aromatic rings. The zero-order chi connectivity index (χ0) is 14.2. The van der Waals surface area contributed by atoms with Crippen LogP contribution >= 0.6 is 27.3 Å². The molecule has 1 heterocycles. The largest absolute Gasteiger partial charge is 0.496 e. The summed E-state index contributed by atoms with van der Waals surface area (Å²) in [6.45, 7) is 6.00. The first-order valence-electron chi connectivity index (χ1n) is 6.03. The molecule has 0 saturated carbocycles. The number of aliphatic hydroxyl groups excluding tert-OH is 1. The van der Waals surface area contributed by atoms with Crippen molar-refractivity contribution in [3.8, 4) is 5.75 Å². The maximum Gasteiger partial charge on any atom is 0.128 e. The number of hydrogen-bond donors (Lipinski definition) is 1. The predicted molar refractivity (Wildman–Crippen MR) is 83.3 cm³/mol. The lowest BCUT2D eigenvalue weighted by atomic mass is 9.97. The van der Waals surface area contributed by atoms with Gasteiger partial charge in [0.05, 0.1) is 7.11 Å². The fourth-order valence-electron chi connectivity index (χ4n) is 2.27. The molecule has 0 amide bonds. The average Bonchev–Trinajstić information content (AvgIpc) is 2.79. The fraction of sp³-hybridized carbons (Fsp3) is 0.333. The molecule has 4 heteroatoms. The Kier molecular flexibility index (Phi) is 4.33. The molecule has 0 bridgehead atoms. The molecular weight excluding hydrogens is 324 g/mol. The van der Waals surface area contributed by atoms with Gasteiger partial charge in [0.25, 0.3) is 0 Å². The van der Waals surface area contributed by atoms with Crippen LogP contribution in [0.2, 0.25) is 0 Å². The number of hydrogen-bond acceptors (Lipinski definition) is 3. The zero-order valence-electron chi connectivity index (χ0n) is 11.5. The summed E-state index contributed by atoms with van der Waals surface area (Å²) >= 11 is 5.12. The number of thiophene rings is 1. The second kappa shape index (κ2) is 5.65. The van der Waals surface area contributed by atoms with E-state index in [1.807, 2.05) is 38.3 Å². The highest BCUT2D eigenvalue weighted by Crippen LogP contribution is 2.40. The second-order valence-electron chi connectivity index (χ2n) is 4.62. The van der Waals surface area contributed by atoms with E-state index in [9.17, 15) is 5.11 Å². The van der Waals surface area contributed by atoms with Crippen molar-refractivity contribution in [3.63, 3.8) is 0 Å². The first kappa shape index (κ1) is 14.6. The van der Waals surface area contributed by atoms with Crippen LogP contribution in [0.5, 0.6) is 5.75 Å². The molecular formula is C15H17BrO2S. The van der Waals surface area contributed by atoms with Crippen LogP contribution in [-0.2, 0) is 0 Å². The summed E-state index contributed by atoms with van der Waals surface area (Å²) < 4.78 is 6.49. The highest BCUT2D eigenvalue weighted by atomic mass is 79.9. The summed E-state index contributed by atoms with van der Waals surface area (Å²) in [5.74, 6) is 0.765. The van der Waals surface area contributed by atoms with Gasteiger partial charge >= 0.3 is 0 Å². The maximum atomic E-state index is 10.7. The topological polar surface area (TPSA) is 29.5 Å². The van der Waals surface area contributed by atoms with Gasteiger partial charge in [-0.15, -0.1) is 11.3 Å². The van der Waals surface area contributed by atoms with E-state index < -0.39 is 6.10 Å². The third kappa shape index (κ3) is 2.57. The van der Waals surface area contributed by atoms with E-state index >= 15 is 0 Å². The molecule has 1 N–H and O–H groups in total. The van der Waals surface area contributed by atoms with Crippen LogP contribution < -0.4 is 4.74 Å². The van der Waals surface area contributed by atoms with Gasteiger partial charge in [0.1, 0.15) is 11.9 Å². The van der Waals surface area contributed by atoms with E-state index in [2.05, 4.69) is 15.9 Å². The van der Waals surface area contributed by atoms with Gasteiger partial charge in [-0.1, -0.05) is 15.9 Å². The molecule has 0 spiro atoms. The standard InChI is InChI=1S/C15H17BrO2S/c1-8-5-6-19-15(8)13(17)12-10(3)11(16)7-9(2)14(12)18-4/h5-7,13,17H,1-4H3. The van der Waals surface area contributed by atoms with Crippen molar-refractivity contribution in [2.24, 2.45) is 0 Å². The van der Waals surface area contributed by atoms with Gasteiger partial charge in [0.2, 0.25) is 0 Å². The molecule has 1 aromatic heterocycles. The van der Waals surface area contributed by atoms with Crippen molar-refractivity contribution in [1.82, 2.24) is 0 Å². The number of halogens is 1. The average molecular weight is 341 g/mol. The Bertz CT molecular complexity index is 604. The number of rotatable bonds is 3. The van der Waals surface area contributed by atoms with Crippen molar-refractivity contribution in [2.45, 2.75) is 26.9 Å². The molecule has 0 fully saturated rings. The number of ether oxygens (including phenoxy) is 1. The minimum Gasteiger partial charge on any atom is -0.496 e. The van der Waals surface area contributed by atoms with Crippen LogP contribution in [0.4, 0.5) is 0 Å². The predicted octanol–water partition coefficient (Wildman–Crippen LogP) is 4.53. The highest BCUT2D eigenvalue weighted by Gasteiger charge is 2.23. The summed E-state index contributed by atoms with van der Waals surface area (Å²) in [5, 5.41) is 12.7. The Morgan fingerprint density at radius 2 is 1.95 bits per heavy atom. The Labute approximate surface area is 126 Å². The Balaban J connectivity index is 2.64. The lowest BCUT2D eigenvalue weighted by molar-refractivity contribution is 0.216. The van der Waals surface area contributed by atoms with Crippen molar-refractivity contribution in [2.75, 3.05) is 7.11 Å². The van der Waals surface area contributed by atoms with E-state index in [1.165, 1.54) is 0 Å². The summed E-state index contributed by atoms with van der Waals surface area (Å²) in [7, 11) is 1.65. The van der Waals surface area contributed by atoms with Gasteiger partial charge in [0.15, 0.2) is 0 Å². The van der Waals surface area contributed by atoms with Gasteiger partial charge in [0, 0.05) is 14.9 Å². The van der Waals surface area contributed by atoms with Crippen LogP contribution in [0, 0.1) is 20.8 Å². The first-order chi connectivity index (χ1) is 8.97. The van der Waals surface area contributed by atoms with Crippen molar-refractivity contribution >= 4 is 27.3 Å².